The summed E-state index contributed by atoms with van der Waals surface area (Å²) in [6, 6.07) is 6.57. The number of primary amides is 1. The Hall–Kier alpha value is -1.92. The Kier molecular flexibility index (Phi) is 11.3. The van der Waals surface area contributed by atoms with E-state index in [0.717, 1.165) is 77.5 Å². The smallest absolute Gasteiger partial charge is 0.253 e. The van der Waals surface area contributed by atoms with Crippen LogP contribution >= 0.6 is 0 Å². The molecule has 0 heterocycles. The van der Waals surface area contributed by atoms with E-state index in [2.05, 4.69) is 0 Å². The Morgan fingerprint density at radius 3 is 1.54 bits per heavy atom. The monoisotopic (exact) mass is 362 g/mol. The number of carbonyl (C=O) groups is 2. The molecule has 6 heteroatoms. The SMILES string of the molecule is NCCCCCCN(CCCCCCN)C(=O)c1ccc(C(N)=O)cc1. The van der Waals surface area contributed by atoms with Crippen LogP contribution in [0.15, 0.2) is 24.3 Å². The van der Waals surface area contributed by atoms with Crippen LogP contribution < -0.4 is 17.2 Å². The molecule has 0 atom stereocenters. The van der Waals surface area contributed by atoms with Crippen molar-refractivity contribution in [3.8, 4) is 0 Å². The molecule has 0 saturated heterocycles. The van der Waals surface area contributed by atoms with Gasteiger partial charge in [0.1, 0.15) is 0 Å². The number of rotatable bonds is 14. The lowest BCUT2D eigenvalue weighted by Crippen LogP contribution is -2.33. The second-order valence-corrected chi connectivity index (χ2v) is 6.64. The largest absolute Gasteiger partial charge is 0.366 e. The number of unbranched alkanes of at least 4 members (excludes halogenated alkanes) is 6. The number of hydrogen-bond acceptors (Lipinski definition) is 4. The van der Waals surface area contributed by atoms with Gasteiger partial charge in [-0.2, -0.15) is 0 Å². The average molecular weight is 363 g/mol. The summed E-state index contributed by atoms with van der Waals surface area (Å²) in [5.74, 6) is -0.473. The van der Waals surface area contributed by atoms with Crippen molar-refractivity contribution in [3.05, 3.63) is 35.4 Å². The topological polar surface area (TPSA) is 115 Å². The second kappa shape index (κ2) is 13.3. The maximum Gasteiger partial charge on any atom is 0.253 e. The lowest BCUT2D eigenvalue weighted by molar-refractivity contribution is 0.0748. The standard InChI is InChI=1S/C20H34N4O2/c21-13-5-1-3-7-15-24(16-8-4-2-6-14-22)20(26)18-11-9-17(10-12-18)19(23)25/h9-12H,1-8,13-16,21-22H2,(H2,23,25). The number of hydrogen-bond donors (Lipinski definition) is 3. The first kappa shape index (κ1) is 22.1. The lowest BCUT2D eigenvalue weighted by atomic mass is 10.1. The fraction of sp³-hybridized carbons (Fsp3) is 0.600. The molecule has 0 saturated carbocycles. The van der Waals surface area contributed by atoms with Crippen LogP contribution in [0.25, 0.3) is 0 Å². The Bertz CT molecular complexity index is 517. The first-order chi connectivity index (χ1) is 12.6. The molecule has 2 amide bonds. The number of nitrogens with zero attached hydrogens (tertiary/aromatic N) is 1. The van der Waals surface area contributed by atoms with Gasteiger partial charge in [-0.25, -0.2) is 0 Å². The molecule has 1 aromatic carbocycles. The van der Waals surface area contributed by atoms with Gasteiger partial charge in [0.25, 0.3) is 5.91 Å². The zero-order valence-electron chi connectivity index (χ0n) is 15.8. The summed E-state index contributed by atoms with van der Waals surface area (Å²) in [4.78, 5) is 25.9. The van der Waals surface area contributed by atoms with E-state index in [4.69, 9.17) is 17.2 Å². The van der Waals surface area contributed by atoms with Gasteiger partial charge >= 0.3 is 0 Å². The molecule has 0 unspecified atom stereocenters. The van der Waals surface area contributed by atoms with Crippen LogP contribution in [0.4, 0.5) is 0 Å². The molecular weight excluding hydrogens is 328 g/mol. The summed E-state index contributed by atoms with van der Waals surface area (Å²) < 4.78 is 0. The predicted octanol–water partition coefficient (Wildman–Crippen LogP) is 2.27. The predicted molar refractivity (Wildman–Crippen MR) is 106 cm³/mol. The minimum absolute atomic E-state index is 0.0127. The van der Waals surface area contributed by atoms with E-state index >= 15 is 0 Å². The Balaban J connectivity index is 2.61. The number of carbonyl (C=O) groups excluding carboxylic acids is 2. The fourth-order valence-electron chi connectivity index (χ4n) is 2.88. The number of amides is 2. The third-order valence-electron chi connectivity index (χ3n) is 4.47. The van der Waals surface area contributed by atoms with Crippen molar-refractivity contribution in [2.45, 2.75) is 51.4 Å². The minimum atomic E-state index is -0.485. The van der Waals surface area contributed by atoms with E-state index in [0.29, 0.717) is 11.1 Å². The van der Waals surface area contributed by atoms with Crippen molar-refractivity contribution in [3.63, 3.8) is 0 Å². The van der Waals surface area contributed by atoms with Crippen LogP contribution in [0, 0.1) is 0 Å². The van der Waals surface area contributed by atoms with Crippen LogP contribution in [0.5, 0.6) is 0 Å². The van der Waals surface area contributed by atoms with E-state index < -0.39 is 5.91 Å². The molecule has 1 aromatic rings. The van der Waals surface area contributed by atoms with Crippen molar-refractivity contribution in [1.29, 1.82) is 0 Å². The van der Waals surface area contributed by atoms with Crippen LogP contribution in [-0.2, 0) is 0 Å². The average Bonchev–Trinajstić information content (AvgIpc) is 2.65. The molecule has 0 spiro atoms. The quantitative estimate of drug-likeness (QED) is 0.440. The summed E-state index contributed by atoms with van der Waals surface area (Å²) in [7, 11) is 0. The summed E-state index contributed by atoms with van der Waals surface area (Å²) in [5.41, 5.74) is 17.3. The van der Waals surface area contributed by atoms with E-state index in [9.17, 15) is 9.59 Å². The van der Waals surface area contributed by atoms with Gasteiger partial charge in [0, 0.05) is 24.2 Å². The van der Waals surface area contributed by atoms with Gasteiger partial charge in [-0.3, -0.25) is 9.59 Å². The number of nitrogens with two attached hydrogens (primary N) is 3. The van der Waals surface area contributed by atoms with Crippen molar-refractivity contribution in [2.24, 2.45) is 17.2 Å². The van der Waals surface area contributed by atoms with E-state index in [1.165, 1.54) is 0 Å². The highest BCUT2D eigenvalue weighted by Crippen LogP contribution is 2.11. The van der Waals surface area contributed by atoms with E-state index in [-0.39, 0.29) is 5.91 Å². The van der Waals surface area contributed by atoms with Crippen molar-refractivity contribution in [2.75, 3.05) is 26.2 Å². The summed E-state index contributed by atoms with van der Waals surface area (Å²) in [5, 5.41) is 0. The summed E-state index contributed by atoms with van der Waals surface area (Å²) >= 11 is 0. The molecule has 6 N–H and O–H groups in total. The van der Waals surface area contributed by atoms with Crippen molar-refractivity contribution < 1.29 is 9.59 Å². The van der Waals surface area contributed by atoms with Gasteiger partial charge in [-0.1, -0.05) is 25.7 Å². The molecule has 26 heavy (non-hydrogen) atoms. The van der Waals surface area contributed by atoms with E-state index in [1.54, 1.807) is 24.3 Å². The van der Waals surface area contributed by atoms with Gasteiger partial charge in [0.05, 0.1) is 0 Å². The van der Waals surface area contributed by atoms with Crippen LogP contribution in [0.2, 0.25) is 0 Å². The molecule has 0 aliphatic rings. The van der Waals surface area contributed by atoms with Gasteiger partial charge in [-0.15, -0.1) is 0 Å². The van der Waals surface area contributed by atoms with Crippen LogP contribution in [0.3, 0.4) is 0 Å². The van der Waals surface area contributed by atoms with Gasteiger partial charge in [-0.05, 0) is 63.0 Å². The van der Waals surface area contributed by atoms with Crippen LogP contribution in [0.1, 0.15) is 72.1 Å². The third kappa shape index (κ3) is 8.45. The molecule has 0 aromatic heterocycles. The van der Waals surface area contributed by atoms with Crippen molar-refractivity contribution in [1.82, 2.24) is 4.90 Å². The molecule has 6 nitrogen and oxygen atoms in total. The van der Waals surface area contributed by atoms with Gasteiger partial charge in [0.15, 0.2) is 0 Å². The zero-order chi connectivity index (χ0) is 19.2. The molecule has 0 radical (unpaired) electrons. The first-order valence-corrected chi connectivity index (χ1v) is 9.69. The molecule has 0 aliphatic heterocycles. The Labute approximate surface area is 157 Å². The van der Waals surface area contributed by atoms with E-state index in [1.807, 2.05) is 4.90 Å². The molecule has 0 bridgehead atoms. The fourth-order valence-corrected chi connectivity index (χ4v) is 2.88. The second-order valence-electron chi connectivity index (χ2n) is 6.64. The van der Waals surface area contributed by atoms with Crippen LogP contribution in [-0.4, -0.2) is 42.9 Å². The first-order valence-electron chi connectivity index (χ1n) is 9.69. The highest BCUT2D eigenvalue weighted by Gasteiger charge is 2.15. The van der Waals surface area contributed by atoms with Crippen molar-refractivity contribution >= 4 is 11.8 Å². The highest BCUT2D eigenvalue weighted by molar-refractivity contribution is 5.97. The lowest BCUT2D eigenvalue weighted by Gasteiger charge is -2.23. The molecule has 1 rings (SSSR count). The van der Waals surface area contributed by atoms with Gasteiger partial charge < -0.3 is 22.1 Å². The highest BCUT2D eigenvalue weighted by atomic mass is 16.2. The number of benzene rings is 1. The summed E-state index contributed by atoms with van der Waals surface area (Å²) in [6.07, 6.45) is 8.37. The third-order valence-corrected chi connectivity index (χ3v) is 4.47. The molecular formula is C20H34N4O2. The van der Waals surface area contributed by atoms with Gasteiger partial charge in [0.2, 0.25) is 5.91 Å². The maximum atomic E-state index is 12.8. The molecule has 0 fully saturated rings. The Morgan fingerprint density at radius 2 is 1.12 bits per heavy atom. The minimum Gasteiger partial charge on any atom is -0.366 e. The molecule has 0 aliphatic carbocycles. The molecule has 146 valence electrons. The zero-order valence-corrected chi connectivity index (χ0v) is 15.8. The summed E-state index contributed by atoms with van der Waals surface area (Å²) in [6.45, 7) is 2.93. The Morgan fingerprint density at radius 1 is 0.692 bits per heavy atom. The normalized spacial score (nSPS) is 10.7. The maximum absolute atomic E-state index is 12.8.